The lowest BCUT2D eigenvalue weighted by atomic mass is 10.1. The zero-order valence-corrected chi connectivity index (χ0v) is 13.2. The largest absolute Gasteiger partial charge is 0.310 e. The second-order valence-electron chi connectivity index (χ2n) is 5.27. The highest BCUT2D eigenvalue weighted by molar-refractivity contribution is 7.89. The molecule has 2 unspecified atom stereocenters. The lowest BCUT2D eigenvalue weighted by Crippen LogP contribution is -2.39. The van der Waals surface area contributed by atoms with Gasteiger partial charge in [-0.15, -0.1) is 12.4 Å². The third kappa shape index (κ3) is 2.72. The SMILES string of the molecule is CCn1nccc1S(=O)(=O)N1CCC2CCC(C1)N2.Cl. The van der Waals surface area contributed by atoms with Crippen LogP contribution in [0.15, 0.2) is 17.3 Å². The molecule has 0 aliphatic carbocycles. The molecular weight excluding hydrogens is 300 g/mol. The fourth-order valence-electron chi connectivity index (χ4n) is 3.04. The number of hydrogen-bond acceptors (Lipinski definition) is 4. The molecule has 2 aliphatic rings. The molecule has 1 N–H and O–H groups in total. The fourth-order valence-corrected chi connectivity index (χ4v) is 4.70. The summed E-state index contributed by atoms with van der Waals surface area (Å²) in [5, 5.41) is 7.88. The molecule has 1 aromatic rings. The Morgan fingerprint density at radius 3 is 2.85 bits per heavy atom. The summed E-state index contributed by atoms with van der Waals surface area (Å²) in [5.74, 6) is 0. The second-order valence-corrected chi connectivity index (χ2v) is 7.16. The van der Waals surface area contributed by atoms with Crippen molar-refractivity contribution in [3.05, 3.63) is 12.3 Å². The zero-order valence-electron chi connectivity index (χ0n) is 11.5. The molecule has 2 fully saturated rings. The minimum absolute atomic E-state index is 0. The number of nitrogens with one attached hydrogen (secondary N) is 1. The van der Waals surface area contributed by atoms with Crippen molar-refractivity contribution in [1.82, 2.24) is 19.4 Å². The molecule has 114 valence electrons. The van der Waals surface area contributed by atoms with E-state index in [1.165, 1.54) is 6.42 Å². The molecule has 0 radical (unpaired) electrons. The van der Waals surface area contributed by atoms with Gasteiger partial charge in [0.05, 0.1) is 6.20 Å². The minimum Gasteiger partial charge on any atom is -0.310 e. The van der Waals surface area contributed by atoms with E-state index in [2.05, 4.69) is 10.4 Å². The average molecular weight is 321 g/mol. The summed E-state index contributed by atoms with van der Waals surface area (Å²) in [6, 6.07) is 2.39. The van der Waals surface area contributed by atoms with Gasteiger partial charge in [-0.05, 0) is 32.3 Å². The van der Waals surface area contributed by atoms with Crippen LogP contribution in [0.25, 0.3) is 0 Å². The molecule has 1 aromatic heterocycles. The van der Waals surface area contributed by atoms with Gasteiger partial charge in [-0.25, -0.2) is 8.42 Å². The van der Waals surface area contributed by atoms with E-state index in [1.54, 1.807) is 21.3 Å². The van der Waals surface area contributed by atoms with Crippen LogP contribution in [0.5, 0.6) is 0 Å². The van der Waals surface area contributed by atoms with Crippen molar-refractivity contribution in [2.75, 3.05) is 13.1 Å². The van der Waals surface area contributed by atoms with E-state index in [9.17, 15) is 8.42 Å². The summed E-state index contributed by atoms with van der Waals surface area (Å²) in [7, 11) is -3.41. The van der Waals surface area contributed by atoms with Crippen molar-refractivity contribution in [3.8, 4) is 0 Å². The Balaban J connectivity index is 0.00000147. The number of halogens is 1. The van der Waals surface area contributed by atoms with Crippen molar-refractivity contribution in [2.24, 2.45) is 0 Å². The van der Waals surface area contributed by atoms with Crippen LogP contribution < -0.4 is 5.32 Å². The maximum atomic E-state index is 12.7. The monoisotopic (exact) mass is 320 g/mol. The van der Waals surface area contributed by atoms with E-state index < -0.39 is 10.0 Å². The van der Waals surface area contributed by atoms with Crippen LogP contribution in [0.3, 0.4) is 0 Å². The van der Waals surface area contributed by atoms with Crippen molar-refractivity contribution in [1.29, 1.82) is 0 Å². The maximum Gasteiger partial charge on any atom is 0.260 e. The number of aromatic nitrogens is 2. The normalized spacial score (nSPS) is 27.1. The molecule has 0 spiro atoms. The van der Waals surface area contributed by atoms with Crippen LogP contribution in [0.1, 0.15) is 26.2 Å². The Labute approximate surface area is 126 Å². The zero-order chi connectivity index (χ0) is 13.5. The van der Waals surface area contributed by atoms with Crippen LogP contribution in [0, 0.1) is 0 Å². The summed E-state index contributed by atoms with van der Waals surface area (Å²) >= 11 is 0. The Bertz CT molecular complexity index is 560. The average Bonchev–Trinajstić information content (AvgIpc) is 2.95. The number of hydrogen-bond donors (Lipinski definition) is 1. The number of rotatable bonds is 3. The summed E-state index contributed by atoms with van der Waals surface area (Å²) in [4.78, 5) is 0. The molecule has 3 heterocycles. The van der Waals surface area contributed by atoms with Gasteiger partial charge in [0.25, 0.3) is 10.0 Å². The molecular formula is C12H21ClN4O2S. The van der Waals surface area contributed by atoms with Gasteiger partial charge in [0, 0.05) is 31.7 Å². The van der Waals surface area contributed by atoms with Gasteiger partial charge in [-0.3, -0.25) is 4.68 Å². The molecule has 2 aliphatic heterocycles. The molecule has 2 atom stereocenters. The van der Waals surface area contributed by atoms with Gasteiger partial charge in [0.2, 0.25) is 0 Å². The van der Waals surface area contributed by atoms with Gasteiger partial charge in [0.1, 0.15) is 0 Å². The molecule has 2 bridgehead atoms. The Hall–Kier alpha value is -0.630. The van der Waals surface area contributed by atoms with E-state index >= 15 is 0 Å². The molecule has 0 saturated carbocycles. The third-order valence-electron chi connectivity index (χ3n) is 4.07. The quantitative estimate of drug-likeness (QED) is 0.896. The van der Waals surface area contributed by atoms with Crippen molar-refractivity contribution in [2.45, 2.75) is 49.8 Å². The first-order valence-corrected chi connectivity index (χ1v) is 8.33. The van der Waals surface area contributed by atoms with Crippen molar-refractivity contribution in [3.63, 3.8) is 0 Å². The van der Waals surface area contributed by atoms with Crippen LogP contribution in [-0.4, -0.2) is 47.7 Å². The first-order valence-electron chi connectivity index (χ1n) is 6.89. The first-order chi connectivity index (χ1) is 9.11. The number of aryl methyl sites for hydroxylation is 1. The summed E-state index contributed by atoms with van der Waals surface area (Å²) < 4.78 is 28.6. The first kappa shape index (κ1) is 15.8. The third-order valence-corrected chi connectivity index (χ3v) is 5.95. The number of nitrogens with zero attached hydrogens (tertiary/aromatic N) is 3. The summed E-state index contributed by atoms with van der Waals surface area (Å²) in [6.07, 6.45) is 4.70. The van der Waals surface area contributed by atoms with Gasteiger partial charge in [0.15, 0.2) is 5.03 Å². The van der Waals surface area contributed by atoms with Gasteiger partial charge >= 0.3 is 0 Å². The fraction of sp³-hybridized carbons (Fsp3) is 0.750. The van der Waals surface area contributed by atoms with E-state index in [1.807, 2.05) is 6.92 Å². The summed E-state index contributed by atoms with van der Waals surface area (Å²) in [5.41, 5.74) is 0. The van der Waals surface area contributed by atoms with E-state index in [0.29, 0.717) is 36.7 Å². The number of sulfonamides is 1. The highest BCUT2D eigenvalue weighted by Crippen LogP contribution is 2.24. The molecule has 0 amide bonds. The van der Waals surface area contributed by atoms with E-state index in [4.69, 9.17) is 0 Å². The molecule has 3 rings (SSSR count). The number of fused-ring (bicyclic) bond motifs is 2. The molecule has 0 aromatic carbocycles. The molecule has 2 saturated heterocycles. The summed E-state index contributed by atoms with van der Waals surface area (Å²) in [6.45, 7) is 3.65. The Kier molecular flexibility index (Phi) is 4.73. The van der Waals surface area contributed by atoms with Crippen LogP contribution in [0.4, 0.5) is 0 Å². The van der Waals surface area contributed by atoms with Crippen LogP contribution >= 0.6 is 12.4 Å². The van der Waals surface area contributed by atoms with Crippen LogP contribution in [0.2, 0.25) is 0 Å². The highest BCUT2D eigenvalue weighted by Gasteiger charge is 2.36. The second kappa shape index (κ2) is 6.01. The van der Waals surface area contributed by atoms with E-state index in [-0.39, 0.29) is 12.4 Å². The predicted molar refractivity (Wildman–Crippen MR) is 78.5 cm³/mol. The topological polar surface area (TPSA) is 67.2 Å². The lowest BCUT2D eigenvalue weighted by Gasteiger charge is -2.23. The predicted octanol–water partition coefficient (Wildman–Crippen LogP) is 0.840. The van der Waals surface area contributed by atoms with Crippen molar-refractivity contribution < 1.29 is 8.42 Å². The van der Waals surface area contributed by atoms with Gasteiger partial charge in [-0.2, -0.15) is 9.40 Å². The molecule has 20 heavy (non-hydrogen) atoms. The smallest absolute Gasteiger partial charge is 0.260 e. The maximum absolute atomic E-state index is 12.7. The van der Waals surface area contributed by atoms with Crippen molar-refractivity contribution >= 4 is 22.4 Å². The van der Waals surface area contributed by atoms with E-state index in [0.717, 1.165) is 12.8 Å². The Morgan fingerprint density at radius 2 is 2.10 bits per heavy atom. The standard InChI is InChI=1S/C12H20N4O2S.ClH/c1-2-16-12(5-7-13-16)19(17,18)15-8-6-10-3-4-11(9-15)14-10;/h5,7,10-11,14H,2-4,6,8-9H2,1H3;1H. The van der Waals surface area contributed by atoms with Crippen LogP contribution in [-0.2, 0) is 16.6 Å². The highest BCUT2D eigenvalue weighted by atomic mass is 35.5. The van der Waals surface area contributed by atoms with Gasteiger partial charge in [-0.1, -0.05) is 0 Å². The molecule has 8 heteroatoms. The minimum atomic E-state index is -3.41. The Morgan fingerprint density at radius 1 is 1.35 bits per heavy atom. The van der Waals surface area contributed by atoms with Gasteiger partial charge < -0.3 is 5.32 Å². The molecule has 6 nitrogen and oxygen atoms in total. The lowest BCUT2D eigenvalue weighted by molar-refractivity contribution is 0.378.